The molecule has 1 unspecified atom stereocenters. The quantitative estimate of drug-likeness (QED) is 0.398. The standard InChI is InChI=1S/C26H42Cl2N4O4S/c1-20(2)31(21(3)4)17-14-29-12-15-30(16-13-29)25(33)19-36-18-22-8-5-6-11-32(22)37(34,35)26-23(27)9-7-10-24(26)28/h7,9-10,20-22H,5-6,8,11-19H2,1-4H3. The number of rotatable bonds is 11. The lowest BCUT2D eigenvalue weighted by Gasteiger charge is -2.37. The van der Waals surface area contributed by atoms with Gasteiger partial charge in [0, 0.05) is 63.9 Å². The van der Waals surface area contributed by atoms with Crippen LogP contribution in [0.4, 0.5) is 0 Å². The Kier molecular flexibility index (Phi) is 11.5. The van der Waals surface area contributed by atoms with E-state index in [9.17, 15) is 13.2 Å². The molecule has 0 radical (unpaired) electrons. The third-order valence-electron chi connectivity index (χ3n) is 7.32. The van der Waals surface area contributed by atoms with Gasteiger partial charge in [-0.15, -0.1) is 0 Å². The van der Waals surface area contributed by atoms with E-state index >= 15 is 0 Å². The fourth-order valence-electron chi connectivity index (χ4n) is 5.27. The highest BCUT2D eigenvalue weighted by molar-refractivity contribution is 7.89. The molecular weight excluding hydrogens is 535 g/mol. The van der Waals surface area contributed by atoms with Crippen LogP contribution in [0.1, 0.15) is 47.0 Å². The number of sulfonamides is 1. The first-order valence-corrected chi connectivity index (χ1v) is 15.5. The molecule has 0 saturated carbocycles. The van der Waals surface area contributed by atoms with Crippen molar-refractivity contribution in [1.29, 1.82) is 0 Å². The molecule has 2 aliphatic rings. The lowest BCUT2D eigenvalue weighted by molar-refractivity contribution is -0.138. The highest BCUT2D eigenvalue weighted by Gasteiger charge is 2.36. The number of piperazine rings is 1. The summed E-state index contributed by atoms with van der Waals surface area (Å²) in [5.41, 5.74) is 0. The number of nitrogens with zero attached hydrogens (tertiary/aromatic N) is 4. The summed E-state index contributed by atoms with van der Waals surface area (Å²) >= 11 is 12.4. The van der Waals surface area contributed by atoms with Gasteiger partial charge >= 0.3 is 0 Å². The van der Waals surface area contributed by atoms with Gasteiger partial charge in [-0.1, -0.05) is 35.7 Å². The first kappa shape index (κ1) is 30.6. The zero-order valence-corrected chi connectivity index (χ0v) is 24.9. The minimum Gasteiger partial charge on any atom is -0.370 e. The SMILES string of the molecule is CC(C)N(CCN1CCN(C(=O)COCC2CCCCN2S(=O)(=O)c2c(Cl)cccc2Cl)CC1)C(C)C. The third-order valence-corrected chi connectivity index (χ3v) is 10.2. The summed E-state index contributed by atoms with van der Waals surface area (Å²) in [6.45, 7) is 14.5. The monoisotopic (exact) mass is 576 g/mol. The largest absolute Gasteiger partial charge is 0.370 e. The van der Waals surface area contributed by atoms with E-state index in [0.717, 1.165) is 39.0 Å². The van der Waals surface area contributed by atoms with Gasteiger partial charge in [0.05, 0.1) is 16.7 Å². The van der Waals surface area contributed by atoms with E-state index in [0.29, 0.717) is 38.1 Å². The van der Waals surface area contributed by atoms with Crippen LogP contribution in [-0.2, 0) is 19.6 Å². The normalized spacial score (nSPS) is 20.4. The molecule has 0 bridgehead atoms. The number of hydrogen-bond donors (Lipinski definition) is 0. The van der Waals surface area contributed by atoms with Gasteiger partial charge in [-0.2, -0.15) is 4.31 Å². The molecule has 0 N–H and O–H groups in total. The predicted molar refractivity (Wildman–Crippen MR) is 149 cm³/mol. The van der Waals surface area contributed by atoms with Crippen LogP contribution in [0.2, 0.25) is 10.0 Å². The van der Waals surface area contributed by atoms with Gasteiger partial charge in [-0.25, -0.2) is 8.42 Å². The minimum absolute atomic E-state index is 0.0499. The average Bonchev–Trinajstić information content (AvgIpc) is 2.84. The molecule has 0 spiro atoms. The van der Waals surface area contributed by atoms with Gasteiger partial charge in [0.1, 0.15) is 11.5 Å². The summed E-state index contributed by atoms with van der Waals surface area (Å²) in [4.78, 5) is 19.5. The maximum Gasteiger partial charge on any atom is 0.248 e. The van der Waals surface area contributed by atoms with Crippen LogP contribution >= 0.6 is 23.2 Å². The zero-order valence-electron chi connectivity index (χ0n) is 22.5. The van der Waals surface area contributed by atoms with Crippen molar-refractivity contribution in [2.45, 2.75) is 70.0 Å². The van der Waals surface area contributed by atoms with Crippen molar-refractivity contribution in [2.24, 2.45) is 0 Å². The van der Waals surface area contributed by atoms with E-state index < -0.39 is 10.0 Å². The van der Waals surface area contributed by atoms with Crippen LogP contribution < -0.4 is 0 Å². The maximum absolute atomic E-state index is 13.4. The van der Waals surface area contributed by atoms with E-state index in [1.807, 2.05) is 4.90 Å². The number of halogens is 2. The number of ether oxygens (including phenoxy) is 1. The summed E-state index contributed by atoms with van der Waals surface area (Å²) in [5.74, 6) is -0.0509. The molecule has 2 heterocycles. The molecule has 11 heteroatoms. The first-order chi connectivity index (χ1) is 17.5. The number of carbonyl (C=O) groups excluding carboxylic acids is 1. The molecule has 8 nitrogen and oxygen atoms in total. The Hall–Kier alpha value is -0.940. The highest BCUT2D eigenvalue weighted by atomic mass is 35.5. The highest BCUT2D eigenvalue weighted by Crippen LogP contribution is 2.34. The van der Waals surface area contributed by atoms with Crippen molar-refractivity contribution in [3.8, 4) is 0 Å². The van der Waals surface area contributed by atoms with Crippen LogP contribution in [0.15, 0.2) is 23.1 Å². The molecule has 1 aromatic rings. The molecule has 2 fully saturated rings. The Bertz CT molecular complexity index is 972. The Morgan fingerprint density at radius 3 is 2.24 bits per heavy atom. The predicted octanol–water partition coefficient (Wildman–Crippen LogP) is 3.82. The molecule has 210 valence electrons. The zero-order chi connectivity index (χ0) is 27.2. The van der Waals surface area contributed by atoms with Crippen molar-refractivity contribution in [2.75, 3.05) is 59.0 Å². The minimum atomic E-state index is -3.89. The van der Waals surface area contributed by atoms with Gasteiger partial charge < -0.3 is 9.64 Å². The number of piperidine rings is 1. The number of carbonyl (C=O) groups is 1. The van der Waals surface area contributed by atoms with E-state index in [1.165, 1.54) is 16.4 Å². The smallest absolute Gasteiger partial charge is 0.248 e. The summed E-state index contributed by atoms with van der Waals surface area (Å²) in [6.07, 6.45) is 2.32. The van der Waals surface area contributed by atoms with Gasteiger partial charge in [0.2, 0.25) is 15.9 Å². The number of hydrogen-bond acceptors (Lipinski definition) is 6. The molecule has 1 amide bonds. The second-order valence-corrected chi connectivity index (χ2v) is 13.1. The van der Waals surface area contributed by atoms with Crippen molar-refractivity contribution in [1.82, 2.24) is 19.0 Å². The lowest BCUT2D eigenvalue weighted by Crippen LogP contribution is -2.52. The Balaban J connectivity index is 1.48. The van der Waals surface area contributed by atoms with E-state index in [4.69, 9.17) is 27.9 Å². The second kappa shape index (κ2) is 13.9. The van der Waals surface area contributed by atoms with Crippen molar-refractivity contribution in [3.63, 3.8) is 0 Å². The molecule has 37 heavy (non-hydrogen) atoms. The van der Waals surface area contributed by atoms with Gasteiger partial charge in [-0.3, -0.25) is 14.6 Å². The van der Waals surface area contributed by atoms with Crippen LogP contribution in [0.3, 0.4) is 0 Å². The second-order valence-electron chi connectivity index (χ2n) is 10.5. The number of amides is 1. The maximum atomic E-state index is 13.4. The Morgan fingerprint density at radius 1 is 1.03 bits per heavy atom. The van der Waals surface area contributed by atoms with E-state index in [1.54, 1.807) is 6.07 Å². The van der Waals surface area contributed by atoms with Crippen LogP contribution in [-0.4, -0.2) is 110 Å². The van der Waals surface area contributed by atoms with Crippen LogP contribution in [0.5, 0.6) is 0 Å². The molecule has 0 aromatic heterocycles. The molecule has 1 atom stereocenters. The number of benzene rings is 1. The molecule has 3 rings (SSSR count). The summed E-state index contributed by atoms with van der Waals surface area (Å²) in [6, 6.07) is 5.34. The van der Waals surface area contributed by atoms with Crippen LogP contribution in [0.25, 0.3) is 0 Å². The Labute approximate surface area is 232 Å². The topological polar surface area (TPSA) is 73.4 Å². The summed E-state index contributed by atoms with van der Waals surface area (Å²) in [5, 5.41) is 0.210. The molecular formula is C26H42Cl2N4O4S. The molecule has 2 aliphatic heterocycles. The van der Waals surface area contributed by atoms with Crippen LogP contribution in [0, 0.1) is 0 Å². The fourth-order valence-corrected chi connectivity index (χ4v) is 8.04. The van der Waals surface area contributed by atoms with Gasteiger partial charge in [0.15, 0.2) is 0 Å². The lowest BCUT2D eigenvalue weighted by atomic mass is 10.1. The molecule has 1 aromatic carbocycles. The van der Waals surface area contributed by atoms with Crippen molar-refractivity contribution < 1.29 is 17.9 Å². The van der Waals surface area contributed by atoms with Gasteiger partial charge in [-0.05, 0) is 52.7 Å². The summed E-state index contributed by atoms with van der Waals surface area (Å²) < 4.78 is 34.0. The van der Waals surface area contributed by atoms with Gasteiger partial charge in [0.25, 0.3) is 0 Å². The van der Waals surface area contributed by atoms with Crippen molar-refractivity contribution >= 4 is 39.1 Å². The third kappa shape index (κ3) is 8.03. The van der Waals surface area contributed by atoms with Crippen molar-refractivity contribution in [3.05, 3.63) is 28.2 Å². The molecule has 0 aliphatic carbocycles. The molecule has 2 saturated heterocycles. The average molecular weight is 578 g/mol. The van der Waals surface area contributed by atoms with E-state index in [2.05, 4.69) is 37.5 Å². The summed E-state index contributed by atoms with van der Waals surface area (Å²) in [7, 11) is -3.89. The Morgan fingerprint density at radius 2 is 1.65 bits per heavy atom. The fraction of sp³-hybridized carbons (Fsp3) is 0.731. The first-order valence-electron chi connectivity index (χ1n) is 13.3. The van der Waals surface area contributed by atoms with E-state index in [-0.39, 0.29) is 40.1 Å².